The van der Waals surface area contributed by atoms with E-state index in [1.165, 1.54) is 0 Å². The molecule has 0 bridgehead atoms. The quantitative estimate of drug-likeness (QED) is 0.574. The topological polar surface area (TPSA) is 55.1 Å². The lowest BCUT2D eigenvalue weighted by Gasteiger charge is -2.16. The molecule has 0 atom stereocenters. The fourth-order valence-corrected chi connectivity index (χ4v) is 1.74. The van der Waals surface area contributed by atoms with E-state index in [2.05, 4.69) is 5.32 Å². The first kappa shape index (κ1) is 11.3. The number of nitrogens with one attached hydrogen (secondary N) is 1. The Hall–Kier alpha value is -0.740. The minimum atomic E-state index is 0.0326. The van der Waals surface area contributed by atoms with Crippen molar-refractivity contribution in [3.05, 3.63) is 20.3 Å². The minimum Gasteiger partial charge on any atom is -0.383 e. The molecule has 1 aromatic carbocycles. The average Bonchev–Trinajstić information content (AvgIpc) is 2.15. The molecule has 0 aliphatic carbocycles. The van der Waals surface area contributed by atoms with Crippen molar-refractivity contribution in [1.82, 2.24) is 0 Å². The molecule has 0 aromatic heterocycles. The summed E-state index contributed by atoms with van der Waals surface area (Å²) in [6, 6.07) is 0. The number of anilines is 1. The minimum absolute atomic E-state index is 0.0326. The molecular formula is C10H16N2OS. The van der Waals surface area contributed by atoms with Crippen molar-refractivity contribution < 1.29 is 0 Å². The lowest BCUT2D eigenvalue weighted by atomic mass is 9.96. The van der Waals surface area contributed by atoms with Crippen molar-refractivity contribution in [2.45, 2.75) is 26.2 Å². The van der Waals surface area contributed by atoms with Crippen LogP contribution < -0.4 is 16.5 Å². The Morgan fingerprint density at radius 3 is 2.64 bits per heavy atom. The van der Waals surface area contributed by atoms with Gasteiger partial charge in [0.15, 0.2) is 0 Å². The molecule has 4 heteroatoms. The van der Waals surface area contributed by atoms with Crippen LogP contribution in [-0.4, -0.2) is 13.1 Å². The SMILES string of the molecule is CC(C)c1c(NCCCN)c(=S)c1=O. The van der Waals surface area contributed by atoms with Crippen LogP contribution in [0.1, 0.15) is 31.7 Å². The standard InChI is InChI=1S/C10H16N2OS/c1-6(2)7-8(10(14)9(7)13)12-5-3-4-11/h6,12H,3-5,11H2,1-2H3. The summed E-state index contributed by atoms with van der Waals surface area (Å²) in [5.74, 6) is 0.245. The lowest BCUT2D eigenvalue weighted by molar-refractivity contribution is 0.831. The van der Waals surface area contributed by atoms with Crippen LogP contribution in [0.3, 0.4) is 0 Å². The molecule has 0 radical (unpaired) electrons. The van der Waals surface area contributed by atoms with E-state index in [9.17, 15) is 4.79 Å². The molecule has 14 heavy (non-hydrogen) atoms. The molecule has 1 aromatic rings. The number of rotatable bonds is 5. The second-order valence-corrected chi connectivity index (χ2v) is 4.08. The molecule has 3 nitrogen and oxygen atoms in total. The summed E-state index contributed by atoms with van der Waals surface area (Å²) in [5, 5.41) is 3.17. The van der Waals surface area contributed by atoms with E-state index in [4.69, 9.17) is 18.0 Å². The smallest absolute Gasteiger partial charge is 0.204 e. The molecule has 1 rings (SSSR count). The second kappa shape index (κ2) is 4.66. The summed E-state index contributed by atoms with van der Waals surface area (Å²) in [7, 11) is 0. The molecule has 0 heterocycles. The number of nitrogens with two attached hydrogens (primary N) is 1. The molecule has 0 aliphatic rings. The van der Waals surface area contributed by atoms with Gasteiger partial charge < -0.3 is 11.1 Å². The van der Waals surface area contributed by atoms with Gasteiger partial charge in [0.05, 0.1) is 5.69 Å². The highest BCUT2D eigenvalue weighted by Gasteiger charge is 2.19. The van der Waals surface area contributed by atoms with Gasteiger partial charge in [-0.1, -0.05) is 26.1 Å². The second-order valence-electron chi connectivity index (χ2n) is 3.67. The van der Waals surface area contributed by atoms with Crippen molar-refractivity contribution in [1.29, 1.82) is 0 Å². The Morgan fingerprint density at radius 1 is 1.50 bits per heavy atom. The van der Waals surface area contributed by atoms with E-state index in [0.717, 1.165) is 24.2 Å². The highest BCUT2D eigenvalue weighted by molar-refractivity contribution is 7.71. The third kappa shape index (κ3) is 2.01. The molecule has 0 saturated carbocycles. The van der Waals surface area contributed by atoms with E-state index in [-0.39, 0.29) is 11.3 Å². The van der Waals surface area contributed by atoms with Gasteiger partial charge in [-0.05, 0) is 18.9 Å². The zero-order valence-corrected chi connectivity index (χ0v) is 9.41. The first-order valence-electron chi connectivity index (χ1n) is 4.86. The van der Waals surface area contributed by atoms with Gasteiger partial charge in [0.25, 0.3) is 0 Å². The van der Waals surface area contributed by atoms with E-state index in [0.29, 0.717) is 11.1 Å². The average molecular weight is 212 g/mol. The Labute approximate surface area is 89.0 Å². The van der Waals surface area contributed by atoms with Crippen molar-refractivity contribution in [3.8, 4) is 0 Å². The highest BCUT2D eigenvalue weighted by Crippen LogP contribution is 2.24. The highest BCUT2D eigenvalue weighted by atomic mass is 32.1. The molecule has 0 saturated heterocycles. The van der Waals surface area contributed by atoms with Crippen molar-refractivity contribution in [2.75, 3.05) is 18.4 Å². The van der Waals surface area contributed by atoms with Crippen LogP contribution in [0.4, 0.5) is 5.69 Å². The van der Waals surface area contributed by atoms with Crippen molar-refractivity contribution in [2.24, 2.45) is 5.73 Å². The number of hydrogen-bond acceptors (Lipinski definition) is 4. The van der Waals surface area contributed by atoms with Crippen LogP contribution in [0.2, 0.25) is 0 Å². The number of hydrogen-bond donors (Lipinski definition) is 2. The van der Waals surface area contributed by atoms with Crippen LogP contribution in [0.25, 0.3) is 0 Å². The predicted molar refractivity (Wildman–Crippen MR) is 62.2 cm³/mol. The van der Waals surface area contributed by atoms with Gasteiger partial charge in [-0.15, -0.1) is 0 Å². The summed E-state index contributed by atoms with van der Waals surface area (Å²) in [4.78, 5) is 11.4. The summed E-state index contributed by atoms with van der Waals surface area (Å²) in [6.45, 7) is 5.44. The zero-order valence-electron chi connectivity index (χ0n) is 8.59. The van der Waals surface area contributed by atoms with Crippen LogP contribution in [0, 0.1) is 4.51 Å². The van der Waals surface area contributed by atoms with Crippen molar-refractivity contribution >= 4 is 17.9 Å². The lowest BCUT2D eigenvalue weighted by Crippen LogP contribution is -2.23. The van der Waals surface area contributed by atoms with Crippen LogP contribution in [0.5, 0.6) is 0 Å². The summed E-state index contributed by atoms with van der Waals surface area (Å²) >= 11 is 4.97. The summed E-state index contributed by atoms with van der Waals surface area (Å²) in [6.07, 6.45) is 0.895. The van der Waals surface area contributed by atoms with Gasteiger partial charge in [0.1, 0.15) is 4.51 Å². The Balaban J connectivity index is 2.73. The van der Waals surface area contributed by atoms with Crippen LogP contribution >= 0.6 is 12.2 Å². The molecule has 0 spiro atoms. The molecular weight excluding hydrogens is 196 g/mol. The fraction of sp³-hybridized carbons (Fsp3) is 0.600. The largest absolute Gasteiger partial charge is 0.383 e. The monoisotopic (exact) mass is 212 g/mol. The zero-order chi connectivity index (χ0) is 10.7. The molecule has 3 N–H and O–H groups in total. The molecule has 0 amide bonds. The first-order valence-corrected chi connectivity index (χ1v) is 5.27. The maximum Gasteiger partial charge on any atom is 0.204 e. The molecule has 0 unspecified atom stereocenters. The maximum absolute atomic E-state index is 11.4. The summed E-state index contributed by atoms with van der Waals surface area (Å²) < 4.78 is 0.450. The summed E-state index contributed by atoms with van der Waals surface area (Å²) in [5.41, 5.74) is 7.12. The molecule has 0 fully saturated rings. The molecule has 0 aliphatic heterocycles. The van der Waals surface area contributed by atoms with E-state index in [1.807, 2.05) is 13.8 Å². The van der Waals surface area contributed by atoms with Gasteiger partial charge >= 0.3 is 0 Å². The Bertz CT molecular complexity index is 377. The first-order chi connectivity index (χ1) is 6.59. The fourth-order valence-electron chi connectivity index (χ4n) is 1.45. The van der Waals surface area contributed by atoms with Crippen LogP contribution in [-0.2, 0) is 0 Å². The van der Waals surface area contributed by atoms with E-state index >= 15 is 0 Å². The van der Waals surface area contributed by atoms with Gasteiger partial charge in [0, 0.05) is 12.1 Å². The van der Waals surface area contributed by atoms with E-state index < -0.39 is 0 Å². The third-order valence-corrected chi connectivity index (χ3v) is 2.60. The van der Waals surface area contributed by atoms with Gasteiger partial charge in [0.2, 0.25) is 5.43 Å². The maximum atomic E-state index is 11.4. The van der Waals surface area contributed by atoms with Crippen molar-refractivity contribution in [3.63, 3.8) is 0 Å². The van der Waals surface area contributed by atoms with E-state index in [1.54, 1.807) is 0 Å². The van der Waals surface area contributed by atoms with Crippen LogP contribution in [0.15, 0.2) is 4.79 Å². The van der Waals surface area contributed by atoms with Gasteiger partial charge in [-0.25, -0.2) is 0 Å². The predicted octanol–water partition coefficient (Wildman–Crippen LogP) is 1.54. The normalized spacial score (nSPS) is 11.1. The third-order valence-electron chi connectivity index (χ3n) is 2.21. The van der Waals surface area contributed by atoms with Gasteiger partial charge in [-0.3, -0.25) is 4.79 Å². The molecule has 78 valence electrons. The van der Waals surface area contributed by atoms with Gasteiger partial charge in [-0.2, -0.15) is 0 Å². The Morgan fingerprint density at radius 2 is 2.14 bits per heavy atom. The Kier molecular flexibility index (Phi) is 3.77.